The number of pyridine rings is 2. The molecule has 9 heteroatoms. The first-order chi connectivity index (χ1) is 12.0. The van der Waals surface area contributed by atoms with Crippen molar-refractivity contribution in [1.82, 2.24) is 19.8 Å². The van der Waals surface area contributed by atoms with Gasteiger partial charge in [0.25, 0.3) is 0 Å². The minimum absolute atomic E-state index is 0. The van der Waals surface area contributed by atoms with Gasteiger partial charge in [-0.25, -0.2) is 9.97 Å². The van der Waals surface area contributed by atoms with Crippen LogP contribution in [0.1, 0.15) is 12.6 Å². The Morgan fingerprint density at radius 1 is 1.08 bits per heavy atom. The highest BCUT2D eigenvalue weighted by Gasteiger charge is 2.32. The molecule has 1 aliphatic rings. The normalized spacial score (nSPS) is 16.5. The van der Waals surface area contributed by atoms with E-state index in [0.717, 1.165) is 45.3 Å². The van der Waals surface area contributed by atoms with Crippen LogP contribution in [0.5, 0.6) is 0 Å². The van der Waals surface area contributed by atoms with E-state index in [1.807, 2.05) is 0 Å². The number of nitrogens with zero attached hydrogens (tertiary/aromatic N) is 4. The van der Waals surface area contributed by atoms with Crippen LogP contribution in [0.2, 0.25) is 0 Å². The number of likely N-dealkylation sites (N-methyl/N-ethyl adjacent to an activating group) is 1. The minimum atomic E-state index is -4.44. The van der Waals surface area contributed by atoms with Crippen LogP contribution >= 0.6 is 12.4 Å². The summed E-state index contributed by atoms with van der Waals surface area (Å²) in [6.45, 7) is 9.05. The zero-order valence-corrected chi connectivity index (χ0v) is 15.4. The number of halogens is 4. The summed E-state index contributed by atoms with van der Waals surface area (Å²) < 4.78 is 38.3. The van der Waals surface area contributed by atoms with Crippen molar-refractivity contribution in [3.8, 4) is 0 Å². The Bertz CT molecular complexity index is 717. The summed E-state index contributed by atoms with van der Waals surface area (Å²) in [5.41, 5.74) is -0.588. The fraction of sp³-hybridized carbons (Fsp3) is 0.529. The molecule has 1 N–H and O–H groups in total. The summed E-state index contributed by atoms with van der Waals surface area (Å²) in [6, 6.07) is 3.93. The Hall–Kier alpha value is -1.64. The van der Waals surface area contributed by atoms with Gasteiger partial charge in [-0.1, -0.05) is 6.92 Å². The van der Waals surface area contributed by atoms with E-state index < -0.39 is 11.9 Å². The lowest BCUT2D eigenvalue weighted by atomic mass is 10.2. The van der Waals surface area contributed by atoms with Crippen molar-refractivity contribution in [3.05, 3.63) is 30.1 Å². The smallest absolute Gasteiger partial charge is 0.368 e. The van der Waals surface area contributed by atoms with Crippen molar-refractivity contribution in [2.45, 2.75) is 13.1 Å². The Labute approximate surface area is 157 Å². The van der Waals surface area contributed by atoms with E-state index in [0.29, 0.717) is 23.3 Å². The first-order valence-electron chi connectivity index (χ1n) is 8.49. The van der Waals surface area contributed by atoms with Crippen molar-refractivity contribution in [3.63, 3.8) is 0 Å². The molecular formula is C17H23ClF3N5. The molecule has 3 rings (SSSR count). The van der Waals surface area contributed by atoms with Crippen molar-refractivity contribution < 1.29 is 13.2 Å². The first kappa shape index (κ1) is 20.7. The largest absolute Gasteiger partial charge is 0.433 e. The number of nitrogens with one attached hydrogen (secondary N) is 1. The lowest BCUT2D eigenvalue weighted by molar-refractivity contribution is -0.140. The van der Waals surface area contributed by atoms with E-state index in [2.05, 4.69) is 32.0 Å². The number of fused-ring (bicyclic) bond motifs is 1. The predicted molar refractivity (Wildman–Crippen MR) is 98.8 cm³/mol. The monoisotopic (exact) mass is 389 g/mol. The summed E-state index contributed by atoms with van der Waals surface area (Å²) in [7, 11) is 0. The fourth-order valence-electron chi connectivity index (χ4n) is 3.01. The summed E-state index contributed by atoms with van der Waals surface area (Å²) in [6.07, 6.45) is -2.95. The summed E-state index contributed by atoms with van der Waals surface area (Å²) >= 11 is 0. The van der Waals surface area contributed by atoms with Gasteiger partial charge in [0, 0.05) is 50.9 Å². The van der Waals surface area contributed by atoms with Gasteiger partial charge in [0.05, 0.1) is 5.52 Å². The summed E-state index contributed by atoms with van der Waals surface area (Å²) in [5.74, 6) is 0.575. The second-order valence-corrected chi connectivity index (χ2v) is 6.12. The molecule has 26 heavy (non-hydrogen) atoms. The zero-order chi connectivity index (χ0) is 17.9. The number of anilines is 1. The topological polar surface area (TPSA) is 44.3 Å². The molecule has 0 aromatic carbocycles. The molecule has 0 radical (unpaired) electrons. The van der Waals surface area contributed by atoms with Crippen molar-refractivity contribution in [2.24, 2.45) is 0 Å². The lowest BCUT2D eigenvalue weighted by Crippen LogP contribution is -2.47. The highest BCUT2D eigenvalue weighted by atomic mass is 35.5. The SMILES string of the molecule is CCN1CCN(CCNc2nccc3nc(C(F)(F)F)ccc23)CC1.Cl. The number of piperazine rings is 1. The highest BCUT2D eigenvalue weighted by molar-refractivity contribution is 5.89. The van der Waals surface area contributed by atoms with Crippen LogP contribution in [-0.2, 0) is 6.18 Å². The molecule has 0 saturated carbocycles. The highest BCUT2D eigenvalue weighted by Crippen LogP contribution is 2.30. The van der Waals surface area contributed by atoms with Gasteiger partial charge >= 0.3 is 6.18 Å². The summed E-state index contributed by atoms with van der Waals surface area (Å²) in [4.78, 5) is 12.7. The summed E-state index contributed by atoms with van der Waals surface area (Å²) in [5, 5.41) is 3.83. The van der Waals surface area contributed by atoms with Crippen molar-refractivity contribution >= 4 is 29.1 Å². The first-order valence-corrected chi connectivity index (χ1v) is 8.49. The van der Waals surface area contributed by atoms with Gasteiger partial charge in [-0.05, 0) is 24.7 Å². The van der Waals surface area contributed by atoms with Gasteiger partial charge in [-0.15, -0.1) is 12.4 Å². The average Bonchev–Trinajstić information content (AvgIpc) is 2.61. The third kappa shape index (κ3) is 4.96. The average molecular weight is 390 g/mol. The quantitative estimate of drug-likeness (QED) is 0.851. The molecule has 0 spiro atoms. The maximum Gasteiger partial charge on any atom is 0.433 e. The molecule has 3 heterocycles. The van der Waals surface area contributed by atoms with E-state index >= 15 is 0 Å². The van der Waals surface area contributed by atoms with Crippen LogP contribution in [0.4, 0.5) is 19.0 Å². The molecule has 2 aromatic rings. The van der Waals surface area contributed by atoms with Crippen LogP contribution < -0.4 is 5.32 Å². The lowest BCUT2D eigenvalue weighted by Gasteiger charge is -2.34. The Morgan fingerprint density at radius 3 is 2.42 bits per heavy atom. The standard InChI is InChI=1S/C17H22F3N5.ClH/c1-2-24-9-11-25(12-10-24)8-7-22-16-13-3-4-15(17(18,19)20)23-14(13)5-6-21-16;/h3-6H,2,7-12H2,1H3,(H,21,22);1H. The van der Waals surface area contributed by atoms with Crippen molar-refractivity contribution in [1.29, 1.82) is 0 Å². The Morgan fingerprint density at radius 2 is 1.77 bits per heavy atom. The van der Waals surface area contributed by atoms with E-state index in [-0.39, 0.29) is 12.4 Å². The van der Waals surface area contributed by atoms with Crippen LogP contribution in [-0.4, -0.2) is 65.6 Å². The van der Waals surface area contributed by atoms with Gasteiger partial charge < -0.3 is 10.2 Å². The van der Waals surface area contributed by atoms with E-state index in [9.17, 15) is 13.2 Å². The van der Waals surface area contributed by atoms with Crippen LogP contribution in [0, 0.1) is 0 Å². The van der Waals surface area contributed by atoms with Crippen molar-refractivity contribution in [2.75, 3.05) is 51.1 Å². The predicted octanol–water partition coefficient (Wildman–Crippen LogP) is 3.12. The maximum atomic E-state index is 12.8. The third-order valence-corrected chi connectivity index (χ3v) is 4.54. The van der Waals surface area contributed by atoms with E-state index in [1.54, 1.807) is 0 Å². The number of alkyl halides is 3. The zero-order valence-electron chi connectivity index (χ0n) is 14.6. The van der Waals surface area contributed by atoms with Gasteiger partial charge in [-0.2, -0.15) is 13.2 Å². The molecule has 2 aromatic heterocycles. The molecular weight excluding hydrogens is 367 g/mol. The third-order valence-electron chi connectivity index (χ3n) is 4.54. The van der Waals surface area contributed by atoms with Crippen LogP contribution in [0.3, 0.4) is 0 Å². The Balaban J connectivity index is 0.00000243. The fourth-order valence-corrected chi connectivity index (χ4v) is 3.01. The number of rotatable bonds is 5. The molecule has 0 bridgehead atoms. The van der Waals surface area contributed by atoms with Gasteiger partial charge in [0.15, 0.2) is 0 Å². The molecule has 1 fully saturated rings. The van der Waals surface area contributed by atoms with Crippen LogP contribution in [0.25, 0.3) is 10.9 Å². The molecule has 144 valence electrons. The second kappa shape index (κ2) is 8.83. The number of aromatic nitrogens is 2. The van der Waals surface area contributed by atoms with Gasteiger partial charge in [0.2, 0.25) is 0 Å². The minimum Gasteiger partial charge on any atom is -0.368 e. The molecule has 0 amide bonds. The van der Waals surface area contributed by atoms with Crippen LogP contribution in [0.15, 0.2) is 24.4 Å². The molecule has 5 nitrogen and oxygen atoms in total. The molecule has 1 aliphatic heterocycles. The van der Waals surface area contributed by atoms with E-state index in [4.69, 9.17) is 0 Å². The molecule has 1 saturated heterocycles. The maximum absolute atomic E-state index is 12.8. The number of hydrogen-bond donors (Lipinski definition) is 1. The van der Waals surface area contributed by atoms with Gasteiger partial charge in [0.1, 0.15) is 11.5 Å². The second-order valence-electron chi connectivity index (χ2n) is 6.12. The Kier molecular flexibility index (Phi) is 7.02. The molecule has 0 unspecified atom stereocenters. The van der Waals surface area contributed by atoms with E-state index in [1.165, 1.54) is 18.3 Å². The molecule has 0 atom stereocenters. The molecule has 0 aliphatic carbocycles. The van der Waals surface area contributed by atoms with Gasteiger partial charge in [-0.3, -0.25) is 4.90 Å². The number of hydrogen-bond acceptors (Lipinski definition) is 5.